The summed E-state index contributed by atoms with van der Waals surface area (Å²) in [6.45, 7) is 4.39. The molecule has 2 aromatic carbocycles. The van der Waals surface area contributed by atoms with Crippen LogP contribution in [-0.2, 0) is 32.5 Å². The molecule has 1 aliphatic carbocycles. The summed E-state index contributed by atoms with van der Waals surface area (Å²) in [6, 6.07) is 20.9. The van der Waals surface area contributed by atoms with Gasteiger partial charge >= 0.3 is 0 Å². The molecule has 0 saturated heterocycles. The lowest BCUT2D eigenvalue weighted by molar-refractivity contribution is 0.244. The van der Waals surface area contributed by atoms with Crippen LogP contribution in [0.15, 0.2) is 65.5 Å². The minimum Gasteiger partial charge on any atom is -0.289 e. The van der Waals surface area contributed by atoms with Gasteiger partial charge in [0.1, 0.15) is 0 Å². The lowest BCUT2D eigenvalue weighted by atomic mass is 10.0. The van der Waals surface area contributed by atoms with Crippen molar-refractivity contribution in [3.63, 3.8) is 0 Å². The molecule has 5 rings (SSSR count). The van der Waals surface area contributed by atoms with E-state index in [4.69, 9.17) is 4.98 Å². The van der Waals surface area contributed by atoms with Gasteiger partial charge in [0.15, 0.2) is 4.96 Å². The molecule has 31 heavy (non-hydrogen) atoms. The topological polar surface area (TPSA) is 37.6 Å². The van der Waals surface area contributed by atoms with Crippen molar-refractivity contribution in [2.24, 2.45) is 0 Å². The summed E-state index contributed by atoms with van der Waals surface area (Å²) >= 11 is 1.70. The van der Waals surface area contributed by atoms with Gasteiger partial charge in [-0.05, 0) is 43.7 Å². The quantitative estimate of drug-likeness (QED) is 0.426. The average Bonchev–Trinajstić information content (AvgIpc) is 3.15. The van der Waals surface area contributed by atoms with Gasteiger partial charge in [0, 0.05) is 36.3 Å². The molecule has 4 aromatic rings. The van der Waals surface area contributed by atoms with Gasteiger partial charge in [-0.25, -0.2) is 4.98 Å². The summed E-state index contributed by atoms with van der Waals surface area (Å²) in [4.78, 5) is 22.5. The van der Waals surface area contributed by atoms with Crippen molar-refractivity contribution in [2.75, 3.05) is 0 Å². The summed E-state index contributed by atoms with van der Waals surface area (Å²) in [5.74, 6) is 0. The molecule has 0 saturated carbocycles. The molecule has 0 spiro atoms. The van der Waals surface area contributed by atoms with Gasteiger partial charge < -0.3 is 0 Å². The summed E-state index contributed by atoms with van der Waals surface area (Å²) in [6.07, 6.45) is 4.44. The lowest BCUT2D eigenvalue weighted by Crippen LogP contribution is -2.25. The Morgan fingerprint density at radius 2 is 1.65 bits per heavy atom. The zero-order valence-corrected chi connectivity index (χ0v) is 18.7. The van der Waals surface area contributed by atoms with Gasteiger partial charge in [0.25, 0.3) is 5.56 Å². The first-order chi connectivity index (χ1) is 15.2. The zero-order chi connectivity index (χ0) is 21.2. The third kappa shape index (κ3) is 4.48. The highest BCUT2D eigenvalue weighted by Crippen LogP contribution is 2.28. The summed E-state index contributed by atoms with van der Waals surface area (Å²) in [7, 11) is 0. The number of aryl methyl sites for hydroxylation is 3. The fourth-order valence-corrected chi connectivity index (χ4v) is 5.65. The molecule has 0 amide bonds. The standard InChI is InChI=1S/C26H27N3OS/c1-19-11-13-21(14-12-19)17-28(16-20-7-3-2-4-8-20)18-22-15-25(30)29-23-9-5-6-10-24(23)31-26(29)27-22/h2-4,7-8,11-15H,5-6,9-10,16-18H2,1H3. The highest BCUT2D eigenvalue weighted by Gasteiger charge is 2.19. The van der Waals surface area contributed by atoms with E-state index in [1.807, 2.05) is 10.5 Å². The Labute approximate surface area is 186 Å². The molecule has 0 fully saturated rings. The van der Waals surface area contributed by atoms with Crippen molar-refractivity contribution in [1.29, 1.82) is 0 Å². The molecule has 2 aromatic heterocycles. The molecule has 0 N–H and O–H groups in total. The maximum Gasteiger partial charge on any atom is 0.259 e. The average molecular weight is 430 g/mol. The molecule has 2 heterocycles. The number of thiazole rings is 1. The van der Waals surface area contributed by atoms with Crippen molar-refractivity contribution in [2.45, 2.75) is 52.2 Å². The van der Waals surface area contributed by atoms with Gasteiger partial charge in [0.2, 0.25) is 0 Å². The number of benzene rings is 2. The first-order valence-corrected chi connectivity index (χ1v) is 11.8. The molecule has 4 nitrogen and oxygen atoms in total. The van der Waals surface area contributed by atoms with Crippen LogP contribution < -0.4 is 5.56 Å². The van der Waals surface area contributed by atoms with E-state index in [1.165, 1.54) is 33.7 Å². The Kier molecular flexibility index (Phi) is 5.70. The van der Waals surface area contributed by atoms with E-state index < -0.39 is 0 Å². The van der Waals surface area contributed by atoms with E-state index in [-0.39, 0.29) is 5.56 Å². The molecule has 0 unspecified atom stereocenters. The van der Waals surface area contributed by atoms with E-state index >= 15 is 0 Å². The highest BCUT2D eigenvalue weighted by atomic mass is 32.1. The van der Waals surface area contributed by atoms with Crippen LogP contribution in [0.25, 0.3) is 4.96 Å². The fraction of sp³-hybridized carbons (Fsp3) is 0.308. The smallest absolute Gasteiger partial charge is 0.259 e. The van der Waals surface area contributed by atoms with Crippen LogP contribution in [0.2, 0.25) is 0 Å². The van der Waals surface area contributed by atoms with E-state index in [2.05, 4.69) is 60.4 Å². The molecule has 1 aliphatic rings. The number of rotatable bonds is 6. The number of fused-ring (bicyclic) bond motifs is 3. The molecule has 0 radical (unpaired) electrons. The number of aromatic nitrogens is 2. The summed E-state index contributed by atoms with van der Waals surface area (Å²) in [5, 5.41) is 0. The SMILES string of the molecule is Cc1ccc(CN(Cc2ccccc2)Cc2cc(=O)n3c4c(sc3n2)CCCC4)cc1. The Morgan fingerprint density at radius 3 is 2.42 bits per heavy atom. The Balaban J connectivity index is 1.45. The third-order valence-corrected chi connectivity index (χ3v) is 7.12. The molecule has 0 atom stereocenters. The van der Waals surface area contributed by atoms with E-state index in [0.29, 0.717) is 6.54 Å². The Hall–Kier alpha value is -2.76. The molecular weight excluding hydrogens is 402 g/mol. The normalized spacial score (nSPS) is 13.6. The van der Waals surface area contributed by atoms with Gasteiger partial charge in [-0.3, -0.25) is 14.1 Å². The number of hydrogen-bond acceptors (Lipinski definition) is 4. The van der Waals surface area contributed by atoms with Crippen molar-refractivity contribution >= 4 is 16.3 Å². The van der Waals surface area contributed by atoms with Crippen molar-refractivity contribution in [3.05, 3.63) is 104 Å². The molecule has 0 bridgehead atoms. The van der Waals surface area contributed by atoms with Crippen LogP contribution in [0.1, 0.15) is 45.8 Å². The van der Waals surface area contributed by atoms with Gasteiger partial charge in [-0.1, -0.05) is 60.2 Å². The van der Waals surface area contributed by atoms with Crippen LogP contribution in [-0.4, -0.2) is 14.3 Å². The van der Waals surface area contributed by atoms with E-state index in [0.717, 1.165) is 43.0 Å². The second-order valence-electron chi connectivity index (χ2n) is 8.50. The highest BCUT2D eigenvalue weighted by molar-refractivity contribution is 7.17. The van der Waals surface area contributed by atoms with Gasteiger partial charge in [0.05, 0.1) is 5.69 Å². The van der Waals surface area contributed by atoms with Crippen molar-refractivity contribution < 1.29 is 0 Å². The monoisotopic (exact) mass is 429 g/mol. The predicted molar refractivity (Wildman–Crippen MR) is 127 cm³/mol. The second-order valence-corrected chi connectivity index (χ2v) is 9.56. The minimum absolute atomic E-state index is 0.0643. The van der Waals surface area contributed by atoms with Crippen LogP contribution in [0.5, 0.6) is 0 Å². The second kappa shape index (κ2) is 8.77. The third-order valence-electron chi connectivity index (χ3n) is 5.98. The predicted octanol–water partition coefficient (Wildman–Crippen LogP) is 5.15. The van der Waals surface area contributed by atoms with Crippen LogP contribution in [0, 0.1) is 6.92 Å². The Morgan fingerprint density at radius 1 is 0.935 bits per heavy atom. The molecule has 5 heteroatoms. The van der Waals surface area contributed by atoms with Crippen molar-refractivity contribution in [3.8, 4) is 0 Å². The molecule has 158 valence electrons. The van der Waals surface area contributed by atoms with Crippen molar-refractivity contribution in [1.82, 2.24) is 14.3 Å². The first kappa shape index (κ1) is 20.2. The molecular formula is C26H27N3OS. The fourth-order valence-electron chi connectivity index (χ4n) is 4.41. The largest absolute Gasteiger partial charge is 0.289 e. The maximum atomic E-state index is 13.0. The lowest BCUT2D eigenvalue weighted by Gasteiger charge is -2.22. The van der Waals surface area contributed by atoms with Crippen LogP contribution >= 0.6 is 11.3 Å². The van der Waals surface area contributed by atoms with Crippen LogP contribution in [0.3, 0.4) is 0 Å². The summed E-state index contributed by atoms with van der Waals surface area (Å²) < 4.78 is 1.85. The maximum absolute atomic E-state index is 13.0. The Bertz CT molecular complexity index is 1240. The zero-order valence-electron chi connectivity index (χ0n) is 17.9. The van der Waals surface area contributed by atoms with Crippen LogP contribution in [0.4, 0.5) is 0 Å². The number of nitrogens with zero attached hydrogens (tertiary/aromatic N) is 3. The minimum atomic E-state index is 0.0643. The first-order valence-electron chi connectivity index (χ1n) is 11.0. The van der Waals surface area contributed by atoms with E-state index in [1.54, 1.807) is 17.4 Å². The summed E-state index contributed by atoms with van der Waals surface area (Å²) in [5.41, 5.74) is 5.90. The van der Waals surface area contributed by atoms with E-state index in [9.17, 15) is 4.79 Å². The molecule has 0 aliphatic heterocycles. The number of hydrogen-bond donors (Lipinski definition) is 0. The van der Waals surface area contributed by atoms with Gasteiger partial charge in [-0.2, -0.15) is 0 Å². The van der Waals surface area contributed by atoms with Gasteiger partial charge in [-0.15, -0.1) is 11.3 Å².